The topological polar surface area (TPSA) is 85.5 Å². The van der Waals surface area contributed by atoms with Gasteiger partial charge in [0.05, 0.1) is 23.4 Å². The Hall–Kier alpha value is -3.88. The number of hydrogen-bond donors (Lipinski definition) is 1. The van der Waals surface area contributed by atoms with E-state index in [9.17, 15) is 22.8 Å². The van der Waals surface area contributed by atoms with Crippen molar-refractivity contribution in [3.8, 4) is 17.0 Å². The molecule has 0 unspecified atom stereocenters. The van der Waals surface area contributed by atoms with Gasteiger partial charge in [-0.1, -0.05) is 30.3 Å². The maximum absolute atomic E-state index is 13.0. The van der Waals surface area contributed by atoms with Crippen molar-refractivity contribution in [2.24, 2.45) is 5.73 Å². The maximum atomic E-state index is 13.0. The molecule has 0 saturated heterocycles. The molecule has 0 fully saturated rings. The molecule has 1 aromatic heterocycles. The maximum Gasteiger partial charge on any atom is 0.573 e. The first-order valence-electron chi connectivity index (χ1n) is 10.1. The van der Waals surface area contributed by atoms with E-state index in [4.69, 9.17) is 5.73 Å². The fourth-order valence-electron chi connectivity index (χ4n) is 3.93. The molecule has 0 spiro atoms. The summed E-state index contributed by atoms with van der Waals surface area (Å²) in [5, 5.41) is 0. The largest absolute Gasteiger partial charge is 0.573 e. The average Bonchev–Trinajstić information content (AvgIpc) is 3.04. The number of aryl methyl sites for hydroxylation is 1. The lowest BCUT2D eigenvalue weighted by atomic mass is 10.0. The van der Waals surface area contributed by atoms with Crippen LogP contribution in [0.2, 0.25) is 0 Å². The van der Waals surface area contributed by atoms with Crippen LogP contribution in [0.4, 0.5) is 13.2 Å². The molecule has 0 atom stereocenters. The number of carbonyl (C=O) groups is 2. The minimum Gasteiger partial charge on any atom is -0.406 e. The monoisotopic (exact) mass is 455 g/mol. The number of halogens is 3. The number of fused-ring (bicyclic) bond motifs is 1. The van der Waals surface area contributed by atoms with Crippen molar-refractivity contribution in [1.29, 1.82) is 0 Å². The van der Waals surface area contributed by atoms with Crippen LogP contribution in [-0.2, 0) is 24.3 Å². The van der Waals surface area contributed by atoms with Crippen LogP contribution in [0.5, 0.6) is 5.75 Å². The summed E-state index contributed by atoms with van der Waals surface area (Å²) in [7, 11) is 0. The van der Waals surface area contributed by atoms with Crippen LogP contribution in [0.25, 0.3) is 11.3 Å². The van der Waals surface area contributed by atoms with E-state index in [1.165, 1.54) is 24.3 Å². The van der Waals surface area contributed by atoms with Crippen LogP contribution in [0.3, 0.4) is 0 Å². The lowest BCUT2D eigenvalue weighted by Crippen LogP contribution is -2.23. The van der Waals surface area contributed by atoms with E-state index in [1.54, 1.807) is 11.8 Å². The molecule has 0 bridgehead atoms. The number of rotatable bonds is 6. The van der Waals surface area contributed by atoms with Gasteiger partial charge in [-0.15, -0.1) is 13.2 Å². The Kier molecular flexibility index (Phi) is 5.80. The minimum atomic E-state index is -4.75. The van der Waals surface area contributed by atoms with Crippen molar-refractivity contribution in [3.63, 3.8) is 0 Å². The highest BCUT2D eigenvalue weighted by atomic mass is 19.4. The number of benzene rings is 2. The average molecular weight is 455 g/mol. The number of carbonyl (C=O) groups excluding carboxylic acids is 2. The minimum absolute atomic E-state index is 0.122. The Balaban J connectivity index is 1.54. The molecule has 2 amide bonds. The van der Waals surface area contributed by atoms with Gasteiger partial charge in [0, 0.05) is 18.7 Å². The molecule has 1 aliphatic rings. The number of amides is 2. The van der Waals surface area contributed by atoms with Crippen LogP contribution in [0.1, 0.15) is 32.7 Å². The van der Waals surface area contributed by atoms with Crippen LogP contribution in [0, 0.1) is 6.92 Å². The zero-order chi connectivity index (χ0) is 23.8. The highest BCUT2D eigenvalue weighted by molar-refractivity contribution is 5.99. The second-order valence-electron chi connectivity index (χ2n) is 7.82. The molecular weight excluding hydrogens is 435 g/mol. The Morgan fingerprint density at radius 1 is 1.12 bits per heavy atom. The Morgan fingerprint density at radius 3 is 2.52 bits per heavy atom. The van der Waals surface area contributed by atoms with E-state index < -0.39 is 12.3 Å². The number of pyridine rings is 1. The zero-order valence-corrected chi connectivity index (χ0v) is 17.6. The van der Waals surface area contributed by atoms with E-state index >= 15 is 0 Å². The zero-order valence-electron chi connectivity index (χ0n) is 17.6. The summed E-state index contributed by atoms with van der Waals surface area (Å²) in [6.45, 7) is 2.36. The van der Waals surface area contributed by atoms with Crippen LogP contribution in [-0.4, -0.2) is 28.1 Å². The third-order valence-electron chi connectivity index (χ3n) is 5.28. The first-order valence-corrected chi connectivity index (χ1v) is 10.1. The van der Waals surface area contributed by atoms with Crippen LogP contribution in [0.15, 0.2) is 54.6 Å². The molecule has 1 aliphatic heterocycles. The van der Waals surface area contributed by atoms with Crippen molar-refractivity contribution in [1.82, 2.24) is 9.88 Å². The number of nitrogens with zero attached hydrogens (tertiary/aromatic N) is 2. The van der Waals surface area contributed by atoms with Crippen molar-refractivity contribution in [2.45, 2.75) is 32.8 Å². The Bertz CT molecular complexity index is 1220. The lowest BCUT2D eigenvalue weighted by Gasteiger charge is -2.16. The van der Waals surface area contributed by atoms with Crippen molar-refractivity contribution < 1.29 is 27.5 Å². The summed E-state index contributed by atoms with van der Waals surface area (Å²) in [5.41, 5.74) is 10.2. The molecule has 33 heavy (non-hydrogen) atoms. The van der Waals surface area contributed by atoms with Gasteiger partial charge in [0.15, 0.2) is 0 Å². The van der Waals surface area contributed by atoms with E-state index in [0.29, 0.717) is 29.1 Å². The molecule has 9 heteroatoms. The molecule has 2 aromatic carbocycles. The molecule has 6 nitrogen and oxygen atoms in total. The Labute approximate surface area is 187 Å². The molecule has 0 radical (unpaired) electrons. The quantitative estimate of drug-likeness (QED) is 0.606. The molecule has 3 aromatic rings. The summed E-state index contributed by atoms with van der Waals surface area (Å²) in [4.78, 5) is 30.4. The van der Waals surface area contributed by atoms with Gasteiger partial charge < -0.3 is 15.4 Å². The van der Waals surface area contributed by atoms with E-state index in [2.05, 4.69) is 9.72 Å². The highest BCUT2D eigenvalue weighted by Gasteiger charge is 2.32. The SMILES string of the molecule is Cc1nc(-c2cccc(CC(N)=O)c2)cc2c1C(=O)N(Cc1ccc(OC(F)(F)F)cc1)C2. The number of nitrogens with two attached hydrogens (primary N) is 1. The van der Waals surface area contributed by atoms with Gasteiger partial charge >= 0.3 is 6.36 Å². The number of ether oxygens (including phenoxy) is 1. The summed E-state index contributed by atoms with van der Waals surface area (Å²) >= 11 is 0. The fourth-order valence-corrected chi connectivity index (χ4v) is 3.93. The molecule has 0 saturated carbocycles. The standard InChI is InChI=1S/C24H20F3N3O3/c1-14-22-18(11-20(29-14)17-4-2-3-16(9-17)10-21(28)31)13-30(23(22)32)12-15-5-7-19(8-6-15)33-24(25,26)27/h2-9,11H,10,12-13H2,1H3,(H2,28,31). The third kappa shape index (κ3) is 5.14. The molecule has 4 rings (SSSR count). The summed E-state index contributed by atoms with van der Waals surface area (Å²) in [6.07, 6.45) is -4.63. The van der Waals surface area contributed by atoms with Gasteiger partial charge in [-0.25, -0.2) is 0 Å². The van der Waals surface area contributed by atoms with Gasteiger partial charge in [0.25, 0.3) is 5.91 Å². The second kappa shape index (κ2) is 8.57. The summed E-state index contributed by atoms with van der Waals surface area (Å²) in [6, 6.07) is 14.6. The normalized spacial score (nSPS) is 13.2. The highest BCUT2D eigenvalue weighted by Crippen LogP contribution is 2.31. The van der Waals surface area contributed by atoms with E-state index in [1.807, 2.05) is 30.3 Å². The van der Waals surface area contributed by atoms with Crippen LogP contribution < -0.4 is 10.5 Å². The molecule has 0 aliphatic carbocycles. The Morgan fingerprint density at radius 2 is 1.85 bits per heavy atom. The molecule has 170 valence electrons. The van der Waals surface area contributed by atoms with Gasteiger partial charge in [0.1, 0.15) is 5.75 Å². The fraction of sp³-hybridized carbons (Fsp3) is 0.208. The van der Waals surface area contributed by atoms with E-state index in [-0.39, 0.29) is 24.6 Å². The van der Waals surface area contributed by atoms with Crippen molar-refractivity contribution >= 4 is 11.8 Å². The van der Waals surface area contributed by atoms with Gasteiger partial charge in [0.2, 0.25) is 5.91 Å². The van der Waals surface area contributed by atoms with Crippen LogP contribution >= 0.6 is 0 Å². The number of aromatic nitrogens is 1. The first kappa shape index (κ1) is 22.3. The molecular formula is C24H20F3N3O3. The number of hydrogen-bond acceptors (Lipinski definition) is 4. The third-order valence-corrected chi connectivity index (χ3v) is 5.28. The first-order chi connectivity index (χ1) is 15.6. The molecule has 2 N–H and O–H groups in total. The molecule has 2 heterocycles. The van der Waals surface area contributed by atoms with Gasteiger partial charge in [-0.3, -0.25) is 14.6 Å². The van der Waals surface area contributed by atoms with Crippen molar-refractivity contribution in [2.75, 3.05) is 0 Å². The van der Waals surface area contributed by atoms with Crippen molar-refractivity contribution in [3.05, 3.63) is 82.5 Å². The smallest absolute Gasteiger partial charge is 0.406 e. The lowest BCUT2D eigenvalue weighted by molar-refractivity contribution is -0.274. The summed E-state index contributed by atoms with van der Waals surface area (Å²) in [5.74, 6) is -0.922. The second-order valence-corrected chi connectivity index (χ2v) is 7.82. The van der Waals surface area contributed by atoms with Gasteiger partial charge in [-0.2, -0.15) is 0 Å². The number of primary amides is 1. The number of alkyl halides is 3. The predicted octanol–water partition coefficient (Wildman–Crippen LogP) is 4.14. The predicted molar refractivity (Wildman–Crippen MR) is 114 cm³/mol. The van der Waals surface area contributed by atoms with Gasteiger partial charge in [-0.05, 0) is 47.9 Å². The summed E-state index contributed by atoms with van der Waals surface area (Å²) < 4.78 is 40.9. The van der Waals surface area contributed by atoms with E-state index in [0.717, 1.165) is 16.7 Å².